The van der Waals surface area contributed by atoms with E-state index in [4.69, 9.17) is 0 Å². The maximum atomic E-state index is 9.65. The van der Waals surface area contributed by atoms with E-state index in [2.05, 4.69) is 29.6 Å². The van der Waals surface area contributed by atoms with Gasteiger partial charge < -0.3 is 10.4 Å². The highest BCUT2D eigenvalue weighted by atomic mass is 16.3. The van der Waals surface area contributed by atoms with Gasteiger partial charge in [-0.2, -0.15) is 0 Å². The number of nitrogens with one attached hydrogen (secondary N) is 1. The summed E-state index contributed by atoms with van der Waals surface area (Å²) in [6.45, 7) is 2.18. The van der Waals surface area contributed by atoms with Gasteiger partial charge in [-0.1, -0.05) is 30.7 Å². The minimum absolute atomic E-state index is 0.0463. The molecule has 3 unspecified atom stereocenters. The van der Waals surface area contributed by atoms with E-state index in [0.717, 1.165) is 31.8 Å². The van der Waals surface area contributed by atoms with E-state index in [1.54, 1.807) is 0 Å². The summed E-state index contributed by atoms with van der Waals surface area (Å²) in [5.41, 5.74) is 3.06. The molecule has 2 N–H and O–H groups in total. The van der Waals surface area contributed by atoms with Crippen molar-refractivity contribution < 1.29 is 5.11 Å². The van der Waals surface area contributed by atoms with Gasteiger partial charge in [-0.3, -0.25) is 0 Å². The van der Waals surface area contributed by atoms with E-state index in [1.165, 1.54) is 30.4 Å². The Bertz CT molecular complexity index is 404. The van der Waals surface area contributed by atoms with Crippen LogP contribution in [0.25, 0.3) is 0 Å². The first-order valence-corrected chi connectivity index (χ1v) is 7.29. The molecule has 0 amide bonds. The lowest BCUT2D eigenvalue weighted by atomic mass is 9.77. The molecule has 2 aliphatic rings. The summed E-state index contributed by atoms with van der Waals surface area (Å²) in [5, 5.41) is 13.3. The lowest BCUT2D eigenvalue weighted by molar-refractivity contribution is 0.100. The van der Waals surface area contributed by atoms with Gasteiger partial charge in [0.15, 0.2) is 0 Å². The molecular formula is C16H23NO. The second-order valence-electron chi connectivity index (χ2n) is 5.94. The van der Waals surface area contributed by atoms with Crippen LogP contribution in [-0.2, 0) is 6.42 Å². The highest BCUT2D eigenvalue weighted by Gasteiger charge is 2.25. The fourth-order valence-electron chi connectivity index (χ4n) is 3.45. The Morgan fingerprint density at radius 2 is 2.06 bits per heavy atom. The van der Waals surface area contributed by atoms with E-state index in [1.807, 2.05) is 0 Å². The largest absolute Gasteiger partial charge is 0.393 e. The standard InChI is InChI=1S/C16H23NO/c18-15-6-3-4-12(8-15)10-17-11-14-9-13-5-1-2-7-16(13)14/h1-2,5,7,12,14-15,17-18H,3-4,6,8-11H2. The van der Waals surface area contributed by atoms with Crippen molar-refractivity contribution in [1.82, 2.24) is 5.32 Å². The van der Waals surface area contributed by atoms with E-state index < -0.39 is 0 Å². The van der Waals surface area contributed by atoms with Gasteiger partial charge in [0.2, 0.25) is 0 Å². The smallest absolute Gasteiger partial charge is 0.0543 e. The summed E-state index contributed by atoms with van der Waals surface area (Å²) < 4.78 is 0. The SMILES string of the molecule is OC1CCCC(CNCC2Cc3ccccc32)C1. The number of hydrogen-bond acceptors (Lipinski definition) is 2. The zero-order chi connectivity index (χ0) is 12.4. The Morgan fingerprint density at radius 3 is 2.89 bits per heavy atom. The molecule has 0 aromatic heterocycles. The van der Waals surface area contributed by atoms with Crippen molar-refractivity contribution in [3.8, 4) is 0 Å². The monoisotopic (exact) mass is 245 g/mol. The minimum atomic E-state index is -0.0463. The van der Waals surface area contributed by atoms with Crippen molar-refractivity contribution in [3.63, 3.8) is 0 Å². The summed E-state index contributed by atoms with van der Waals surface area (Å²) >= 11 is 0. The van der Waals surface area contributed by atoms with Crippen molar-refractivity contribution in [2.24, 2.45) is 5.92 Å². The predicted octanol–water partition coefficient (Wildman–Crippen LogP) is 2.47. The first-order chi connectivity index (χ1) is 8.83. The van der Waals surface area contributed by atoms with Gasteiger partial charge in [0.05, 0.1) is 6.10 Å². The van der Waals surface area contributed by atoms with Crippen molar-refractivity contribution in [1.29, 1.82) is 0 Å². The second-order valence-corrected chi connectivity index (χ2v) is 5.94. The van der Waals surface area contributed by atoms with Crippen LogP contribution >= 0.6 is 0 Å². The van der Waals surface area contributed by atoms with Crippen LogP contribution in [0.4, 0.5) is 0 Å². The molecule has 0 saturated heterocycles. The first-order valence-electron chi connectivity index (χ1n) is 7.29. The molecule has 0 heterocycles. The van der Waals surface area contributed by atoms with Crippen LogP contribution in [0.15, 0.2) is 24.3 Å². The average molecular weight is 245 g/mol. The third-order valence-corrected chi connectivity index (χ3v) is 4.54. The van der Waals surface area contributed by atoms with Crippen molar-refractivity contribution >= 4 is 0 Å². The van der Waals surface area contributed by atoms with E-state index in [9.17, 15) is 5.11 Å². The maximum absolute atomic E-state index is 9.65. The molecule has 0 bridgehead atoms. The van der Waals surface area contributed by atoms with Crippen molar-refractivity contribution in [2.75, 3.05) is 13.1 Å². The number of rotatable bonds is 4. The van der Waals surface area contributed by atoms with Crippen LogP contribution in [0, 0.1) is 5.92 Å². The summed E-state index contributed by atoms with van der Waals surface area (Å²) in [4.78, 5) is 0. The van der Waals surface area contributed by atoms with Gasteiger partial charge in [-0.15, -0.1) is 0 Å². The molecule has 2 nitrogen and oxygen atoms in total. The molecule has 98 valence electrons. The van der Waals surface area contributed by atoms with E-state index >= 15 is 0 Å². The molecule has 1 saturated carbocycles. The highest BCUT2D eigenvalue weighted by Crippen LogP contribution is 2.34. The normalized spacial score (nSPS) is 30.6. The zero-order valence-electron chi connectivity index (χ0n) is 10.9. The average Bonchev–Trinajstić information content (AvgIpc) is 2.35. The Morgan fingerprint density at radius 1 is 1.17 bits per heavy atom. The molecule has 2 aliphatic carbocycles. The summed E-state index contributed by atoms with van der Waals surface area (Å²) in [6.07, 6.45) is 5.66. The van der Waals surface area contributed by atoms with Crippen molar-refractivity contribution in [2.45, 2.75) is 44.1 Å². The second kappa shape index (κ2) is 5.41. The van der Waals surface area contributed by atoms with Crippen LogP contribution < -0.4 is 5.32 Å². The third kappa shape index (κ3) is 2.60. The maximum Gasteiger partial charge on any atom is 0.0543 e. The highest BCUT2D eigenvalue weighted by molar-refractivity contribution is 5.40. The third-order valence-electron chi connectivity index (χ3n) is 4.54. The van der Waals surface area contributed by atoms with Crippen molar-refractivity contribution in [3.05, 3.63) is 35.4 Å². The van der Waals surface area contributed by atoms with Gasteiger partial charge in [0, 0.05) is 12.5 Å². The fourth-order valence-corrected chi connectivity index (χ4v) is 3.45. The Labute approximate surface area is 109 Å². The number of aliphatic hydroxyl groups is 1. The summed E-state index contributed by atoms with van der Waals surface area (Å²) in [6, 6.07) is 8.77. The van der Waals surface area contributed by atoms with E-state index in [-0.39, 0.29) is 6.10 Å². The van der Waals surface area contributed by atoms with Gasteiger partial charge in [0.1, 0.15) is 0 Å². The fraction of sp³-hybridized carbons (Fsp3) is 0.625. The number of fused-ring (bicyclic) bond motifs is 1. The molecule has 18 heavy (non-hydrogen) atoms. The van der Waals surface area contributed by atoms with Gasteiger partial charge >= 0.3 is 0 Å². The van der Waals surface area contributed by atoms with E-state index in [0.29, 0.717) is 5.92 Å². The molecule has 0 aliphatic heterocycles. The van der Waals surface area contributed by atoms with Crippen LogP contribution in [0.1, 0.15) is 42.7 Å². The first kappa shape index (κ1) is 12.2. The Kier molecular flexibility index (Phi) is 3.67. The van der Waals surface area contributed by atoms with Gasteiger partial charge in [-0.05, 0) is 49.3 Å². The number of benzene rings is 1. The van der Waals surface area contributed by atoms with Gasteiger partial charge in [-0.25, -0.2) is 0 Å². The molecule has 2 heteroatoms. The minimum Gasteiger partial charge on any atom is -0.393 e. The predicted molar refractivity (Wildman–Crippen MR) is 73.7 cm³/mol. The molecular weight excluding hydrogens is 222 g/mol. The molecule has 1 aromatic carbocycles. The summed E-state index contributed by atoms with van der Waals surface area (Å²) in [7, 11) is 0. The molecule has 0 radical (unpaired) electrons. The van der Waals surface area contributed by atoms with Gasteiger partial charge in [0.25, 0.3) is 0 Å². The lowest BCUT2D eigenvalue weighted by Crippen LogP contribution is -2.34. The lowest BCUT2D eigenvalue weighted by Gasteiger charge is -2.32. The molecule has 3 rings (SSSR count). The summed E-state index contributed by atoms with van der Waals surface area (Å²) in [5.74, 6) is 1.40. The molecule has 1 fully saturated rings. The molecule has 0 spiro atoms. The Balaban J connectivity index is 1.41. The van der Waals surface area contributed by atoms with Crippen LogP contribution in [0.3, 0.4) is 0 Å². The molecule has 3 atom stereocenters. The molecule has 1 aromatic rings. The topological polar surface area (TPSA) is 32.3 Å². The number of hydrogen-bond donors (Lipinski definition) is 2. The van der Waals surface area contributed by atoms with Crippen LogP contribution in [0.5, 0.6) is 0 Å². The quantitative estimate of drug-likeness (QED) is 0.854. The number of aliphatic hydroxyl groups excluding tert-OH is 1. The van der Waals surface area contributed by atoms with Crippen LogP contribution in [-0.4, -0.2) is 24.3 Å². The van der Waals surface area contributed by atoms with Crippen LogP contribution in [0.2, 0.25) is 0 Å². The zero-order valence-corrected chi connectivity index (χ0v) is 10.9. The Hall–Kier alpha value is -0.860.